The number of aryl methyl sites for hydroxylation is 1. The average molecular weight is 342 g/mol. The SMILES string of the molecule is COc1cccc(/C=C(/C(=O)N(C)[C@@H]2CCNC2)n2nnnc2C)c1. The van der Waals surface area contributed by atoms with Crippen LogP contribution in [0.4, 0.5) is 0 Å². The average Bonchev–Trinajstić information content (AvgIpc) is 3.30. The van der Waals surface area contributed by atoms with Gasteiger partial charge in [0.25, 0.3) is 5.91 Å². The number of carbonyl (C=O) groups is 1. The lowest BCUT2D eigenvalue weighted by atomic mass is 10.1. The Labute approximate surface area is 146 Å². The largest absolute Gasteiger partial charge is 0.497 e. The van der Waals surface area contributed by atoms with E-state index in [1.54, 1.807) is 25.0 Å². The lowest BCUT2D eigenvalue weighted by Crippen LogP contribution is -2.39. The molecule has 1 aromatic heterocycles. The molecule has 1 atom stereocenters. The van der Waals surface area contributed by atoms with Crippen molar-refractivity contribution < 1.29 is 9.53 Å². The predicted molar refractivity (Wildman–Crippen MR) is 93.8 cm³/mol. The third kappa shape index (κ3) is 3.69. The van der Waals surface area contributed by atoms with Gasteiger partial charge in [0.1, 0.15) is 11.4 Å². The Morgan fingerprint density at radius 3 is 2.96 bits per heavy atom. The van der Waals surface area contributed by atoms with E-state index in [-0.39, 0.29) is 11.9 Å². The molecule has 1 aromatic carbocycles. The topological polar surface area (TPSA) is 85.2 Å². The number of benzene rings is 1. The van der Waals surface area contributed by atoms with E-state index in [0.717, 1.165) is 30.8 Å². The molecule has 8 nitrogen and oxygen atoms in total. The van der Waals surface area contributed by atoms with Crippen LogP contribution in [-0.4, -0.2) is 64.3 Å². The molecule has 1 aliphatic heterocycles. The zero-order valence-electron chi connectivity index (χ0n) is 14.6. The van der Waals surface area contributed by atoms with Crippen LogP contribution in [0.1, 0.15) is 17.8 Å². The maximum Gasteiger partial charge on any atom is 0.272 e. The highest BCUT2D eigenvalue weighted by atomic mass is 16.5. The van der Waals surface area contributed by atoms with Crippen molar-refractivity contribution in [2.24, 2.45) is 0 Å². The van der Waals surface area contributed by atoms with Gasteiger partial charge in [0.2, 0.25) is 0 Å². The Balaban J connectivity index is 1.99. The second-order valence-corrected chi connectivity index (χ2v) is 6.01. The number of hydrogen-bond donors (Lipinski definition) is 1. The van der Waals surface area contributed by atoms with Gasteiger partial charge in [0.15, 0.2) is 5.82 Å². The van der Waals surface area contributed by atoms with Crippen LogP contribution in [0.3, 0.4) is 0 Å². The normalized spacial score (nSPS) is 17.6. The van der Waals surface area contributed by atoms with Crippen molar-refractivity contribution in [2.75, 3.05) is 27.2 Å². The number of likely N-dealkylation sites (N-methyl/N-ethyl adjacent to an activating group) is 1. The molecule has 2 aromatic rings. The van der Waals surface area contributed by atoms with Crippen LogP contribution in [0.25, 0.3) is 11.8 Å². The zero-order chi connectivity index (χ0) is 17.8. The van der Waals surface area contributed by atoms with Crippen molar-refractivity contribution in [3.8, 4) is 5.75 Å². The molecule has 132 valence electrons. The molecular formula is C17H22N6O2. The second-order valence-electron chi connectivity index (χ2n) is 6.01. The van der Waals surface area contributed by atoms with Gasteiger partial charge in [-0.1, -0.05) is 12.1 Å². The van der Waals surface area contributed by atoms with E-state index >= 15 is 0 Å². The number of ether oxygens (including phenoxy) is 1. The number of nitrogens with zero attached hydrogens (tertiary/aromatic N) is 5. The van der Waals surface area contributed by atoms with Crippen LogP contribution in [0, 0.1) is 6.92 Å². The fourth-order valence-corrected chi connectivity index (χ4v) is 2.87. The Morgan fingerprint density at radius 2 is 2.32 bits per heavy atom. The molecule has 0 saturated carbocycles. The maximum atomic E-state index is 13.1. The number of nitrogens with one attached hydrogen (secondary N) is 1. The predicted octanol–water partition coefficient (Wildman–Crippen LogP) is 0.809. The number of rotatable bonds is 5. The summed E-state index contributed by atoms with van der Waals surface area (Å²) in [7, 11) is 3.43. The third-order valence-electron chi connectivity index (χ3n) is 4.37. The molecule has 1 aliphatic rings. The molecule has 0 radical (unpaired) electrons. The first-order chi connectivity index (χ1) is 12.1. The van der Waals surface area contributed by atoms with Crippen LogP contribution in [0.15, 0.2) is 24.3 Å². The van der Waals surface area contributed by atoms with Gasteiger partial charge >= 0.3 is 0 Å². The maximum absolute atomic E-state index is 13.1. The highest BCUT2D eigenvalue weighted by Crippen LogP contribution is 2.20. The molecule has 1 N–H and O–H groups in total. The molecule has 0 unspecified atom stereocenters. The van der Waals surface area contributed by atoms with E-state index in [1.807, 2.05) is 31.3 Å². The molecular weight excluding hydrogens is 320 g/mol. The van der Waals surface area contributed by atoms with E-state index in [2.05, 4.69) is 20.8 Å². The molecule has 3 rings (SSSR count). The Kier molecular flexibility index (Phi) is 5.08. The summed E-state index contributed by atoms with van der Waals surface area (Å²) in [6.07, 6.45) is 2.72. The van der Waals surface area contributed by atoms with Gasteiger partial charge in [-0.2, -0.15) is 4.68 Å². The van der Waals surface area contributed by atoms with Crippen molar-refractivity contribution in [2.45, 2.75) is 19.4 Å². The van der Waals surface area contributed by atoms with Crippen LogP contribution < -0.4 is 10.1 Å². The van der Waals surface area contributed by atoms with Gasteiger partial charge in [-0.05, 0) is 54.1 Å². The minimum Gasteiger partial charge on any atom is -0.497 e. The van der Waals surface area contributed by atoms with Gasteiger partial charge in [-0.3, -0.25) is 4.79 Å². The molecule has 0 aliphatic carbocycles. The Morgan fingerprint density at radius 1 is 1.48 bits per heavy atom. The van der Waals surface area contributed by atoms with E-state index in [9.17, 15) is 4.79 Å². The molecule has 1 amide bonds. The number of methoxy groups -OCH3 is 1. The van der Waals surface area contributed by atoms with Gasteiger partial charge in [0.05, 0.1) is 7.11 Å². The van der Waals surface area contributed by atoms with Crippen molar-refractivity contribution in [3.05, 3.63) is 35.7 Å². The van der Waals surface area contributed by atoms with Crippen molar-refractivity contribution >= 4 is 17.7 Å². The summed E-state index contributed by atoms with van der Waals surface area (Å²) < 4.78 is 6.73. The van der Waals surface area contributed by atoms with Gasteiger partial charge in [-0.25, -0.2) is 0 Å². The smallest absolute Gasteiger partial charge is 0.272 e. The number of carbonyl (C=O) groups excluding carboxylic acids is 1. The quantitative estimate of drug-likeness (QED) is 0.810. The zero-order valence-corrected chi connectivity index (χ0v) is 14.6. The first-order valence-corrected chi connectivity index (χ1v) is 8.19. The van der Waals surface area contributed by atoms with Crippen LogP contribution >= 0.6 is 0 Å². The van der Waals surface area contributed by atoms with Gasteiger partial charge in [0, 0.05) is 19.6 Å². The second kappa shape index (κ2) is 7.43. The Bertz CT molecular complexity index is 779. The summed E-state index contributed by atoms with van der Waals surface area (Å²) in [4.78, 5) is 14.9. The molecule has 1 fully saturated rings. The van der Waals surface area contributed by atoms with Crippen LogP contribution in [-0.2, 0) is 4.79 Å². The van der Waals surface area contributed by atoms with E-state index in [4.69, 9.17) is 4.74 Å². The minimum atomic E-state index is -0.119. The van der Waals surface area contributed by atoms with Crippen molar-refractivity contribution in [1.82, 2.24) is 30.4 Å². The molecule has 8 heteroatoms. The summed E-state index contributed by atoms with van der Waals surface area (Å²) in [6, 6.07) is 7.68. The summed E-state index contributed by atoms with van der Waals surface area (Å²) in [5.74, 6) is 1.16. The molecule has 25 heavy (non-hydrogen) atoms. The van der Waals surface area contributed by atoms with Crippen LogP contribution in [0.5, 0.6) is 5.75 Å². The van der Waals surface area contributed by atoms with Crippen LogP contribution in [0.2, 0.25) is 0 Å². The molecule has 1 saturated heterocycles. The summed E-state index contributed by atoms with van der Waals surface area (Å²) in [5.41, 5.74) is 1.25. The highest BCUT2D eigenvalue weighted by molar-refractivity contribution is 6.18. The lowest BCUT2D eigenvalue weighted by Gasteiger charge is -2.25. The fourth-order valence-electron chi connectivity index (χ4n) is 2.87. The first-order valence-electron chi connectivity index (χ1n) is 8.19. The third-order valence-corrected chi connectivity index (χ3v) is 4.37. The van der Waals surface area contributed by atoms with Crippen molar-refractivity contribution in [3.63, 3.8) is 0 Å². The summed E-state index contributed by atoms with van der Waals surface area (Å²) >= 11 is 0. The first kappa shape index (κ1) is 17.1. The number of amides is 1. The van der Waals surface area contributed by atoms with E-state index in [1.165, 1.54) is 4.68 Å². The van der Waals surface area contributed by atoms with Crippen molar-refractivity contribution in [1.29, 1.82) is 0 Å². The number of hydrogen-bond acceptors (Lipinski definition) is 6. The minimum absolute atomic E-state index is 0.119. The van der Waals surface area contributed by atoms with E-state index < -0.39 is 0 Å². The standard InChI is InChI=1S/C17H22N6O2/c1-12-19-20-21-23(12)16(10-13-5-4-6-15(9-13)25-3)17(24)22(2)14-7-8-18-11-14/h4-6,9-10,14,18H,7-8,11H2,1-3H3/b16-10-/t14-/m1/s1. The summed E-state index contributed by atoms with van der Waals surface area (Å²) in [5, 5.41) is 14.8. The molecule has 2 heterocycles. The highest BCUT2D eigenvalue weighted by Gasteiger charge is 2.27. The number of tetrazole rings is 1. The lowest BCUT2D eigenvalue weighted by molar-refractivity contribution is -0.125. The molecule has 0 bridgehead atoms. The van der Waals surface area contributed by atoms with Gasteiger partial charge in [-0.15, -0.1) is 5.10 Å². The van der Waals surface area contributed by atoms with E-state index in [0.29, 0.717) is 11.5 Å². The van der Waals surface area contributed by atoms with Gasteiger partial charge < -0.3 is 15.0 Å². The fraction of sp³-hybridized carbons (Fsp3) is 0.412. The Hall–Kier alpha value is -2.74. The molecule has 0 spiro atoms. The monoisotopic (exact) mass is 342 g/mol. The summed E-state index contributed by atoms with van der Waals surface area (Å²) in [6.45, 7) is 3.48. The number of aromatic nitrogens is 4.